The van der Waals surface area contributed by atoms with Crippen molar-refractivity contribution in [2.24, 2.45) is 0 Å². The fraction of sp³-hybridized carbons (Fsp3) is 0.130. The lowest BCUT2D eigenvalue weighted by atomic mass is 10.1. The molecule has 1 heterocycles. The summed E-state index contributed by atoms with van der Waals surface area (Å²) in [6.07, 6.45) is 0. The van der Waals surface area contributed by atoms with Crippen molar-refractivity contribution in [1.82, 2.24) is 4.98 Å². The second kappa shape index (κ2) is 9.11. The minimum absolute atomic E-state index is 0.0888. The Morgan fingerprint density at radius 3 is 2.52 bits per heavy atom. The van der Waals surface area contributed by atoms with Crippen LogP contribution < -0.4 is 10.1 Å². The third kappa shape index (κ3) is 4.78. The van der Waals surface area contributed by atoms with Crippen LogP contribution >= 0.6 is 23.1 Å². The van der Waals surface area contributed by atoms with Gasteiger partial charge in [-0.1, -0.05) is 59.9 Å². The number of benzene rings is 3. The molecule has 1 N–H and O–H groups in total. The normalized spacial score (nSPS) is 11.9. The van der Waals surface area contributed by atoms with E-state index in [0.29, 0.717) is 11.7 Å². The zero-order chi connectivity index (χ0) is 20.1. The second-order valence-corrected chi connectivity index (χ2v) is 8.50. The van der Waals surface area contributed by atoms with Crippen LogP contribution in [0, 0.1) is 0 Å². The molecule has 0 radical (unpaired) electrons. The summed E-state index contributed by atoms with van der Waals surface area (Å²) in [5, 5.41) is 3.23. The van der Waals surface area contributed by atoms with Gasteiger partial charge >= 0.3 is 0 Å². The molecule has 1 amide bonds. The Labute approximate surface area is 177 Å². The van der Waals surface area contributed by atoms with Gasteiger partial charge < -0.3 is 10.1 Å². The van der Waals surface area contributed by atoms with E-state index >= 15 is 0 Å². The van der Waals surface area contributed by atoms with E-state index in [-0.39, 0.29) is 11.2 Å². The Balaban J connectivity index is 1.58. The molecule has 1 aromatic heterocycles. The van der Waals surface area contributed by atoms with Gasteiger partial charge in [0, 0.05) is 4.90 Å². The Morgan fingerprint density at radius 1 is 1.07 bits per heavy atom. The molecule has 0 aliphatic carbocycles. The number of anilines is 1. The van der Waals surface area contributed by atoms with Gasteiger partial charge in [-0.25, -0.2) is 4.98 Å². The van der Waals surface area contributed by atoms with Crippen molar-refractivity contribution in [1.29, 1.82) is 0 Å². The topological polar surface area (TPSA) is 51.2 Å². The number of nitrogens with zero attached hydrogens (tertiary/aromatic N) is 1. The maximum Gasteiger partial charge on any atom is 0.244 e. The molecule has 4 nitrogen and oxygen atoms in total. The van der Waals surface area contributed by atoms with Crippen LogP contribution in [0.3, 0.4) is 0 Å². The van der Waals surface area contributed by atoms with Crippen molar-refractivity contribution in [3.63, 3.8) is 0 Å². The number of carbonyl (C=O) groups is 1. The molecule has 0 aliphatic heterocycles. The summed E-state index contributed by atoms with van der Waals surface area (Å²) in [5.74, 6) is 0.720. The van der Waals surface area contributed by atoms with E-state index in [1.807, 2.05) is 85.8 Å². The molecule has 4 rings (SSSR count). The van der Waals surface area contributed by atoms with Crippen LogP contribution in [-0.4, -0.2) is 17.5 Å². The zero-order valence-corrected chi connectivity index (χ0v) is 17.5. The first-order valence-corrected chi connectivity index (χ1v) is 11.0. The Morgan fingerprint density at radius 2 is 1.79 bits per heavy atom. The molecule has 0 saturated carbocycles. The molecule has 146 valence electrons. The average Bonchev–Trinajstić information content (AvgIpc) is 3.15. The van der Waals surface area contributed by atoms with Gasteiger partial charge in [0.05, 0.1) is 16.8 Å². The molecule has 29 heavy (non-hydrogen) atoms. The maximum atomic E-state index is 13.2. The van der Waals surface area contributed by atoms with Gasteiger partial charge in [-0.15, -0.1) is 11.8 Å². The van der Waals surface area contributed by atoms with Crippen molar-refractivity contribution in [3.8, 4) is 5.75 Å². The average molecular weight is 421 g/mol. The number of rotatable bonds is 7. The molecule has 0 fully saturated rings. The van der Waals surface area contributed by atoms with Crippen molar-refractivity contribution >= 4 is 44.4 Å². The number of hydrogen-bond acceptors (Lipinski definition) is 5. The van der Waals surface area contributed by atoms with Crippen LogP contribution in [0.2, 0.25) is 0 Å². The molecule has 0 saturated heterocycles. The lowest BCUT2D eigenvalue weighted by molar-refractivity contribution is -0.115. The highest BCUT2D eigenvalue weighted by molar-refractivity contribution is 8.00. The highest BCUT2D eigenvalue weighted by Gasteiger charge is 2.23. The van der Waals surface area contributed by atoms with Crippen LogP contribution in [0.25, 0.3) is 10.2 Å². The number of aromatic nitrogens is 1. The summed E-state index contributed by atoms with van der Waals surface area (Å²) in [7, 11) is 0. The number of carbonyl (C=O) groups excluding carboxylic acids is 1. The van der Waals surface area contributed by atoms with E-state index in [2.05, 4.69) is 10.3 Å². The Hall–Kier alpha value is -2.83. The largest absolute Gasteiger partial charge is 0.494 e. The number of hydrogen-bond donors (Lipinski definition) is 1. The lowest BCUT2D eigenvalue weighted by Crippen LogP contribution is -2.18. The lowest BCUT2D eigenvalue weighted by Gasteiger charge is -2.16. The van der Waals surface area contributed by atoms with E-state index in [9.17, 15) is 4.79 Å². The number of fused-ring (bicyclic) bond motifs is 1. The minimum atomic E-state index is -0.371. The predicted molar refractivity (Wildman–Crippen MR) is 121 cm³/mol. The van der Waals surface area contributed by atoms with Crippen molar-refractivity contribution in [2.75, 3.05) is 11.9 Å². The molecule has 0 spiro atoms. The fourth-order valence-electron chi connectivity index (χ4n) is 2.92. The van der Waals surface area contributed by atoms with Gasteiger partial charge in [0.15, 0.2) is 5.13 Å². The van der Waals surface area contributed by atoms with Crippen LogP contribution in [0.5, 0.6) is 5.75 Å². The molecular formula is C23H20N2O2S2. The smallest absolute Gasteiger partial charge is 0.244 e. The quantitative estimate of drug-likeness (QED) is 0.363. The first-order valence-electron chi connectivity index (χ1n) is 9.34. The van der Waals surface area contributed by atoms with Gasteiger partial charge in [0.2, 0.25) is 5.91 Å². The number of ether oxygens (including phenoxy) is 1. The number of thioether (sulfide) groups is 1. The fourth-order valence-corrected chi connectivity index (χ4v) is 4.86. The molecule has 6 heteroatoms. The van der Waals surface area contributed by atoms with Gasteiger partial charge in [0.25, 0.3) is 0 Å². The Kier molecular flexibility index (Phi) is 6.12. The molecule has 1 atom stereocenters. The predicted octanol–water partition coefficient (Wildman–Crippen LogP) is 6.17. The van der Waals surface area contributed by atoms with Crippen LogP contribution in [0.1, 0.15) is 17.7 Å². The van der Waals surface area contributed by atoms with E-state index < -0.39 is 0 Å². The minimum Gasteiger partial charge on any atom is -0.494 e. The third-order valence-electron chi connectivity index (χ3n) is 4.24. The van der Waals surface area contributed by atoms with E-state index in [1.165, 1.54) is 23.1 Å². The summed E-state index contributed by atoms with van der Waals surface area (Å²) < 4.78 is 6.54. The summed E-state index contributed by atoms with van der Waals surface area (Å²) in [6.45, 7) is 2.57. The highest BCUT2D eigenvalue weighted by atomic mass is 32.2. The van der Waals surface area contributed by atoms with Crippen molar-refractivity contribution in [2.45, 2.75) is 17.1 Å². The molecular weight excluding hydrogens is 400 g/mol. The standard InChI is InChI=1S/C23H20N2O2S2/c1-2-27-17-13-14-19-20(15-17)29-23(24-19)25-22(26)21(16-9-5-3-6-10-16)28-18-11-7-4-8-12-18/h3-15,21H,2H2,1H3,(H,24,25,26). The summed E-state index contributed by atoms with van der Waals surface area (Å²) in [5.41, 5.74) is 1.80. The molecule has 0 aliphatic rings. The van der Waals surface area contributed by atoms with E-state index in [1.54, 1.807) is 0 Å². The second-order valence-electron chi connectivity index (χ2n) is 6.29. The highest BCUT2D eigenvalue weighted by Crippen LogP contribution is 2.37. The van der Waals surface area contributed by atoms with Crippen LogP contribution in [-0.2, 0) is 4.79 Å². The van der Waals surface area contributed by atoms with Gasteiger partial charge in [0.1, 0.15) is 11.0 Å². The van der Waals surface area contributed by atoms with Crippen molar-refractivity contribution < 1.29 is 9.53 Å². The first kappa shape index (κ1) is 19.5. The monoisotopic (exact) mass is 420 g/mol. The SMILES string of the molecule is CCOc1ccc2nc(NC(=O)C(Sc3ccccc3)c3ccccc3)sc2c1. The molecule has 3 aromatic carbocycles. The first-order chi connectivity index (χ1) is 14.2. The maximum absolute atomic E-state index is 13.2. The number of nitrogens with one attached hydrogen (secondary N) is 1. The number of thiazole rings is 1. The summed E-state index contributed by atoms with van der Waals surface area (Å²) in [6, 6.07) is 25.5. The third-order valence-corrected chi connectivity index (χ3v) is 6.44. The van der Waals surface area contributed by atoms with Gasteiger partial charge in [-0.2, -0.15) is 0 Å². The molecule has 4 aromatic rings. The van der Waals surface area contributed by atoms with E-state index in [0.717, 1.165) is 26.4 Å². The molecule has 1 unspecified atom stereocenters. The van der Waals surface area contributed by atoms with E-state index in [4.69, 9.17) is 4.74 Å². The molecule has 0 bridgehead atoms. The zero-order valence-electron chi connectivity index (χ0n) is 15.9. The van der Waals surface area contributed by atoms with Gasteiger partial charge in [-0.05, 0) is 42.8 Å². The summed E-state index contributed by atoms with van der Waals surface area (Å²) in [4.78, 5) is 18.8. The van der Waals surface area contributed by atoms with Gasteiger partial charge in [-0.3, -0.25) is 4.79 Å². The number of amides is 1. The van der Waals surface area contributed by atoms with Crippen LogP contribution in [0.15, 0.2) is 83.8 Å². The summed E-state index contributed by atoms with van der Waals surface area (Å²) >= 11 is 2.98. The van der Waals surface area contributed by atoms with Crippen molar-refractivity contribution in [3.05, 3.63) is 84.4 Å². The Bertz CT molecular complexity index is 1100. The van der Waals surface area contributed by atoms with Crippen LogP contribution in [0.4, 0.5) is 5.13 Å².